The van der Waals surface area contributed by atoms with Crippen LogP contribution < -0.4 is 0 Å². The number of rotatable bonds is 2. The van der Waals surface area contributed by atoms with Gasteiger partial charge in [0.25, 0.3) is 0 Å². The second-order valence-corrected chi connectivity index (χ2v) is 6.45. The quantitative estimate of drug-likeness (QED) is 0.682. The van der Waals surface area contributed by atoms with Crippen molar-refractivity contribution in [3.63, 3.8) is 0 Å². The van der Waals surface area contributed by atoms with Gasteiger partial charge in [-0.05, 0) is 41.3 Å². The number of thiophene rings is 1. The molecule has 0 saturated carbocycles. The summed E-state index contributed by atoms with van der Waals surface area (Å²) in [4.78, 5) is 2.60. The number of benzene rings is 1. The van der Waals surface area contributed by atoms with Crippen molar-refractivity contribution in [2.24, 2.45) is 0 Å². The standard InChI is InChI=1S/C16H17FS/c1-16(2,3)15-11-10-14(18-15)9-6-12-4-7-13(17)8-5-12/h4-11H,1-3H3/b9-6-. The minimum absolute atomic E-state index is 0.196. The van der Waals surface area contributed by atoms with E-state index in [1.54, 1.807) is 23.5 Å². The molecule has 1 aromatic heterocycles. The zero-order valence-corrected chi connectivity index (χ0v) is 11.7. The summed E-state index contributed by atoms with van der Waals surface area (Å²) in [7, 11) is 0. The van der Waals surface area contributed by atoms with Crippen LogP contribution in [0.4, 0.5) is 4.39 Å². The van der Waals surface area contributed by atoms with Crippen LogP contribution in [0.1, 0.15) is 36.1 Å². The average molecular weight is 260 g/mol. The highest BCUT2D eigenvalue weighted by molar-refractivity contribution is 7.13. The number of hydrogen-bond donors (Lipinski definition) is 0. The van der Waals surface area contributed by atoms with E-state index in [0.717, 1.165) is 5.56 Å². The zero-order chi connectivity index (χ0) is 13.2. The molecule has 0 aliphatic heterocycles. The monoisotopic (exact) mass is 260 g/mol. The van der Waals surface area contributed by atoms with Gasteiger partial charge in [0.05, 0.1) is 0 Å². The van der Waals surface area contributed by atoms with Gasteiger partial charge in [0, 0.05) is 9.75 Å². The average Bonchev–Trinajstić information content (AvgIpc) is 2.77. The SMILES string of the molecule is CC(C)(C)c1ccc(/C=C\c2ccc(F)cc2)s1. The van der Waals surface area contributed by atoms with E-state index in [9.17, 15) is 4.39 Å². The maximum absolute atomic E-state index is 12.8. The lowest BCUT2D eigenvalue weighted by Crippen LogP contribution is -2.07. The molecule has 0 saturated heterocycles. The van der Waals surface area contributed by atoms with Gasteiger partial charge >= 0.3 is 0 Å². The third-order valence-electron chi connectivity index (χ3n) is 2.68. The Bertz CT molecular complexity index is 541. The highest BCUT2D eigenvalue weighted by atomic mass is 32.1. The molecule has 2 aromatic rings. The van der Waals surface area contributed by atoms with Crippen molar-refractivity contribution < 1.29 is 4.39 Å². The van der Waals surface area contributed by atoms with Gasteiger partial charge < -0.3 is 0 Å². The fourth-order valence-electron chi connectivity index (χ4n) is 1.60. The molecule has 2 rings (SSSR count). The van der Waals surface area contributed by atoms with E-state index in [-0.39, 0.29) is 11.2 Å². The molecule has 0 nitrogen and oxygen atoms in total. The van der Waals surface area contributed by atoms with E-state index in [2.05, 4.69) is 39.0 Å². The molecule has 1 aromatic carbocycles. The Balaban J connectivity index is 2.14. The number of hydrogen-bond acceptors (Lipinski definition) is 1. The maximum atomic E-state index is 12.8. The maximum Gasteiger partial charge on any atom is 0.123 e. The predicted molar refractivity (Wildman–Crippen MR) is 78.3 cm³/mol. The van der Waals surface area contributed by atoms with Crippen LogP contribution in [0.5, 0.6) is 0 Å². The first-order valence-electron chi connectivity index (χ1n) is 5.99. The lowest BCUT2D eigenvalue weighted by atomic mass is 9.95. The molecule has 0 fully saturated rings. The van der Waals surface area contributed by atoms with Gasteiger partial charge in [0.2, 0.25) is 0 Å². The van der Waals surface area contributed by atoms with Gasteiger partial charge in [-0.15, -0.1) is 11.3 Å². The molecular weight excluding hydrogens is 243 g/mol. The molecule has 0 bridgehead atoms. The Labute approximate surface area is 112 Å². The Hall–Kier alpha value is -1.41. The second-order valence-electron chi connectivity index (χ2n) is 5.34. The zero-order valence-electron chi connectivity index (χ0n) is 10.9. The first kappa shape index (κ1) is 13.0. The minimum atomic E-state index is -0.196. The lowest BCUT2D eigenvalue weighted by Gasteiger charge is -2.15. The van der Waals surface area contributed by atoms with Crippen LogP contribution in [0.3, 0.4) is 0 Å². The second kappa shape index (κ2) is 5.07. The van der Waals surface area contributed by atoms with Crippen molar-refractivity contribution in [1.82, 2.24) is 0 Å². The molecule has 0 spiro atoms. The van der Waals surface area contributed by atoms with Crippen LogP contribution >= 0.6 is 11.3 Å². The summed E-state index contributed by atoms with van der Waals surface area (Å²) in [5.74, 6) is -0.196. The first-order valence-corrected chi connectivity index (χ1v) is 6.81. The van der Waals surface area contributed by atoms with Gasteiger partial charge in [-0.25, -0.2) is 4.39 Å². The summed E-state index contributed by atoms with van der Waals surface area (Å²) in [6.45, 7) is 6.64. The smallest absolute Gasteiger partial charge is 0.123 e. The van der Waals surface area contributed by atoms with Crippen LogP contribution in [0.15, 0.2) is 36.4 Å². The van der Waals surface area contributed by atoms with E-state index >= 15 is 0 Å². The third-order valence-corrected chi connectivity index (χ3v) is 4.15. The molecule has 0 aliphatic carbocycles. The fraction of sp³-hybridized carbons (Fsp3) is 0.250. The van der Waals surface area contributed by atoms with Crippen LogP contribution in [-0.2, 0) is 5.41 Å². The van der Waals surface area contributed by atoms with Crippen LogP contribution in [-0.4, -0.2) is 0 Å². The Morgan fingerprint density at radius 1 is 0.944 bits per heavy atom. The summed E-state index contributed by atoms with van der Waals surface area (Å²) in [5.41, 5.74) is 1.22. The molecular formula is C16H17FS. The normalized spacial score (nSPS) is 12.2. The van der Waals surface area contributed by atoms with E-state index in [1.807, 2.05) is 6.08 Å². The van der Waals surface area contributed by atoms with Crippen LogP contribution in [0, 0.1) is 5.82 Å². The van der Waals surface area contributed by atoms with E-state index in [4.69, 9.17) is 0 Å². The van der Waals surface area contributed by atoms with Crippen molar-refractivity contribution in [2.45, 2.75) is 26.2 Å². The summed E-state index contributed by atoms with van der Waals surface area (Å²) in [6.07, 6.45) is 4.09. The minimum Gasteiger partial charge on any atom is -0.207 e. The van der Waals surface area contributed by atoms with Gasteiger partial charge in [0.15, 0.2) is 0 Å². The van der Waals surface area contributed by atoms with Crippen molar-refractivity contribution in [3.05, 3.63) is 57.5 Å². The summed E-state index contributed by atoms with van der Waals surface area (Å²) >= 11 is 1.80. The Morgan fingerprint density at radius 2 is 1.61 bits per heavy atom. The van der Waals surface area contributed by atoms with E-state index in [1.165, 1.54) is 21.9 Å². The molecule has 0 amide bonds. The highest BCUT2D eigenvalue weighted by Crippen LogP contribution is 2.30. The lowest BCUT2D eigenvalue weighted by molar-refractivity contribution is 0.604. The summed E-state index contributed by atoms with van der Waals surface area (Å²) in [6, 6.07) is 10.8. The first-order chi connectivity index (χ1) is 8.45. The van der Waals surface area contributed by atoms with Crippen molar-refractivity contribution >= 4 is 23.5 Å². The van der Waals surface area contributed by atoms with E-state index < -0.39 is 0 Å². The largest absolute Gasteiger partial charge is 0.207 e. The van der Waals surface area contributed by atoms with Crippen molar-refractivity contribution in [2.75, 3.05) is 0 Å². The molecule has 2 heteroatoms. The predicted octanol–water partition coefficient (Wildman–Crippen LogP) is 5.36. The van der Waals surface area contributed by atoms with Gasteiger partial charge in [-0.3, -0.25) is 0 Å². The van der Waals surface area contributed by atoms with Crippen LogP contribution in [0.25, 0.3) is 12.2 Å². The van der Waals surface area contributed by atoms with Gasteiger partial charge in [-0.1, -0.05) is 39.0 Å². The van der Waals surface area contributed by atoms with Crippen molar-refractivity contribution in [1.29, 1.82) is 0 Å². The molecule has 94 valence electrons. The molecule has 0 radical (unpaired) electrons. The molecule has 1 heterocycles. The molecule has 18 heavy (non-hydrogen) atoms. The van der Waals surface area contributed by atoms with E-state index in [0.29, 0.717) is 0 Å². The summed E-state index contributed by atoms with van der Waals surface area (Å²) < 4.78 is 12.8. The van der Waals surface area contributed by atoms with Crippen LogP contribution in [0.2, 0.25) is 0 Å². The van der Waals surface area contributed by atoms with Gasteiger partial charge in [-0.2, -0.15) is 0 Å². The van der Waals surface area contributed by atoms with Crippen molar-refractivity contribution in [3.8, 4) is 0 Å². The highest BCUT2D eigenvalue weighted by Gasteiger charge is 2.15. The molecule has 0 N–H and O–H groups in total. The topological polar surface area (TPSA) is 0 Å². The Kier molecular flexibility index (Phi) is 3.67. The Morgan fingerprint density at radius 3 is 2.17 bits per heavy atom. The molecule has 0 atom stereocenters. The molecule has 0 aliphatic rings. The molecule has 0 unspecified atom stereocenters. The summed E-state index contributed by atoms with van der Waals surface area (Å²) in [5, 5.41) is 0. The fourth-order valence-corrected chi connectivity index (χ4v) is 2.57. The number of halogens is 1. The third kappa shape index (κ3) is 3.30. The van der Waals surface area contributed by atoms with Gasteiger partial charge in [0.1, 0.15) is 5.82 Å².